The van der Waals surface area contributed by atoms with E-state index >= 15 is 0 Å². The molecule has 0 aromatic heterocycles. The minimum absolute atomic E-state index is 0.000869. The average molecular weight is 321 g/mol. The molecule has 1 fully saturated rings. The minimum atomic E-state index is -2.95. The summed E-state index contributed by atoms with van der Waals surface area (Å²) in [5.74, 6) is -0.668. The molecule has 0 radical (unpaired) electrons. The summed E-state index contributed by atoms with van der Waals surface area (Å²) in [5, 5.41) is 5.69. The maximum Gasteiger partial charge on any atom is 0.387 e. The largest absolute Gasteiger partial charge is 0.433 e. The number of nitrogens with one attached hydrogen (secondary N) is 2. The lowest BCUT2D eigenvalue weighted by molar-refractivity contribution is -0.120. The van der Waals surface area contributed by atoms with Crippen molar-refractivity contribution in [3.63, 3.8) is 0 Å². The zero-order valence-electron chi connectivity index (χ0n) is 11.2. The fourth-order valence-corrected chi connectivity index (χ4v) is 2.33. The van der Waals surface area contributed by atoms with Crippen LogP contribution in [-0.4, -0.2) is 38.8 Å². The normalized spacial score (nSPS) is 21.6. The van der Waals surface area contributed by atoms with Gasteiger partial charge in [0.1, 0.15) is 5.75 Å². The third-order valence-electron chi connectivity index (χ3n) is 3.20. The number of amides is 1. The number of carbonyl (C=O) groups is 1. The molecular weight excluding hydrogens is 306 g/mol. The van der Waals surface area contributed by atoms with Gasteiger partial charge >= 0.3 is 6.61 Å². The van der Waals surface area contributed by atoms with Crippen molar-refractivity contribution >= 4 is 23.2 Å². The zero-order chi connectivity index (χ0) is 15.4. The lowest BCUT2D eigenvalue weighted by atomic mass is 10.0. The van der Waals surface area contributed by atoms with Crippen LogP contribution < -0.4 is 15.4 Å². The van der Waals surface area contributed by atoms with Crippen molar-refractivity contribution in [1.29, 1.82) is 0 Å². The van der Waals surface area contributed by atoms with Crippen molar-refractivity contribution in [3.05, 3.63) is 23.2 Å². The molecule has 0 aliphatic carbocycles. The highest BCUT2D eigenvalue weighted by Crippen LogP contribution is 2.29. The van der Waals surface area contributed by atoms with Crippen LogP contribution in [0, 0.1) is 5.92 Å². The van der Waals surface area contributed by atoms with Crippen molar-refractivity contribution < 1.29 is 23.0 Å². The van der Waals surface area contributed by atoms with Gasteiger partial charge in [-0.25, -0.2) is 0 Å². The molecule has 1 aromatic rings. The highest BCUT2D eigenvalue weighted by Gasteiger charge is 2.33. The summed E-state index contributed by atoms with van der Waals surface area (Å²) in [7, 11) is 1.76. The topological polar surface area (TPSA) is 59.6 Å². The number of halogens is 3. The molecule has 2 unspecified atom stereocenters. The predicted molar refractivity (Wildman–Crippen MR) is 73.9 cm³/mol. The summed E-state index contributed by atoms with van der Waals surface area (Å²) in [6.07, 6.45) is 0. The number of benzene rings is 1. The van der Waals surface area contributed by atoms with Crippen LogP contribution in [0.3, 0.4) is 0 Å². The molecule has 0 saturated carbocycles. The van der Waals surface area contributed by atoms with Crippen LogP contribution in [-0.2, 0) is 9.53 Å². The van der Waals surface area contributed by atoms with Crippen LogP contribution in [0.25, 0.3) is 0 Å². The molecule has 116 valence electrons. The molecule has 1 amide bonds. The van der Waals surface area contributed by atoms with Gasteiger partial charge in [-0.2, -0.15) is 8.78 Å². The molecular formula is C13H15ClF2N2O3. The van der Waals surface area contributed by atoms with Crippen LogP contribution in [0.4, 0.5) is 14.5 Å². The van der Waals surface area contributed by atoms with E-state index < -0.39 is 6.61 Å². The van der Waals surface area contributed by atoms with Gasteiger partial charge in [0.05, 0.1) is 24.2 Å². The van der Waals surface area contributed by atoms with Crippen molar-refractivity contribution in [2.24, 2.45) is 5.92 Å². The van der Waals surface area contributed by atoms with Crippen LogP contribution >= 0.6 is 11.6 Å². The molecule has 0 spiro atoms. The van der Waals surface area contributed by atoms with E-state index in [-0.39, 0.29) is 28.6 Å². The molecule has 2 N–H and O–H groups in total. The lowest BCUT2D eigenvalue weighted by Crippen LogP contribution is -2.39. The second kappa shape index (κ2) is 7.02. The summed E-state index contributed by atoms with van der Waals surface area (Å²) in [6, 6.07) is 4.04. The number of rotatable bonds is 5. The van der Waals surface area contributed by atoms with Crippen LogP contribution in [0.15, 0.2) is 18.2 Å². The standard InChI is InChI=1S/C13H15ClF2N2O3/c1-17-10-6-20-5-8(10)12(19)18-7-2-3-11(9(14)4-7)21-13(15)16/h2-4,8,10,13,17H,5-6H2,1H3,(H,18,19). The Bertz CT molecular complexity index is 516. The molecule has 21 heavy (non-hydrogen) atoms. The number of likely N-dealkylation sites (N-methyl/N-ethyl adjacent to an activating group) is 1. The summed E-state index contributed by atoms with van der Waals surface area (Å²) >= 11 is 5.83. The molecule has 2 rings (SSSR count). The van der Waals surface area contributed by atoms with Crippen molar-refractivity contribution in [2.75, 3.05) is 25.6 Å². The molecule has 1 saturated heterocycles. The van der Waals surface area contributed by atoms with E-state index in [0.717, 1.165) is 0 Å². The number of hydrogen-bond acceptors (Lipinski definition) is 4. The number of carbonyl (C=O) groups excluding carboxylic acids is 1. The highest BCUT2D eigenvalue weighted by molar-refractivity contribution is 6.32. The second-order valence-electron chi connectivity index (χ2n) is 4.55. The number of ether oxygens (including phenoxy) is 2. The molecule has 1 aliphatic heterocycles. The van der Waals surface area contributed by atoms with Gasteiger partial charge < -0.3 is 20.1 Å². The molecule has 2 atom stereocenters. The van der Waals surface area contributed by atoms with E-state index in [9.17, 15) is 13.6 Å². The Morgan fingerprint density at radius 3 is 2.86 bits per heavy atom. The molecule has 8 heteroatoms. The van der Waals surface area contributed by atoms with Crippen LogP contribution in [0.5, 0.6) is 5.75 Å². The molecule has 1 aromatic carbocycles. The van der Waals surface area contributed by atoms with E-state index in [1.54, 1.807) is 7.05 Å². The summed E-state index contributed by atoms with van der Waals surface area (Å²) in [5.41, 5.74) is 0.411. The minimum Gasteiger partial charge on any atom is -0.433 e. The first-order chi connectivity index (χ1) is 10.0. The van der Waals surface area contributed by atoms with Gasteiger partial charge in [0, 0.05) is 11.7 Å². The van der Waals surface area contributed by atoms with E-state index in [1.807, 2.05) is 0 Å². The molecule has 0 bridgehead atoms. The third-order valence-corrected chi connectivity index (χ3v) is 3.50. The molecule has 1 heterocycles. The Balaban J connectivity index is 2.02. The van der Waals surface area contributed by atoms with Crippen LogP contribution in [0.1, 0.15) is 0 Å². The van der Waals surface area contributed by atoms with E-state index in [1.165, 1.54) is 18.2 Å². The van der Waals surface area contributed by atoms with E-state index in [4.69, 9.17) is 16.3 Å². The Morgan fingerprint density at radius 1 is 1.48 bits per heavy atom. The maximum absolute atomic E-state index is 12.1. The fourth-order valence-electron chi connectivity index (χ4n) is 2.10. The van der Waals surface area contributed by atoms with Crippen molar-refractivity contribution in [3.8, 4) is 5.75 Å². The first-order valence-electron chi connectivity index (χ1n) is 6.31. The number of hydrogen-bond donors (Lipinski definition) is 2. The van der Waals surface area contributed by atoms with Gasteiger partial charge in [-0.3, -0.25) is 4.79 Å². The Hall–Kier alpha value is -1.44. The Morgan fingerprint density at radius 2 is 2.24 bits per heavy atom. The van der Waals surface area contributed by atoms with Crippen LogP contribution in [0.2, 0.25) is 5.02 Å². The van der Waals surface area contributed by atoms with Gasteiger partial charge in [-0.05, 0) is 25.2 Å². The monoisotopic (exact) mass is 320 g/mol. The van der Waals surface area contributed by atoms with Crippen molar-refractivity contribution in [2.45, 2.75) is 12.7 Å². The van der Waals surface area contributed by atoms with E-state index in [0.29, 0.717) is 18.9 Å². The predicted octanol–water partition coefficient (Wildman–Crippen LogP) is 2.11. The van der Waals surface area contributed by atoms with E-state index in [2.05, 4.69) is 15.4 Å². The number of anilines is 1. The first kappa shape index (κ1) is 15.9. The number of alkyl halides is 2. The van der Waals surface area contributed by atoms with Gasteiger partial charge in [-0.1, -0.05) is 11.6 Å². The maximum atomic E-state index is 12.1. The second-order valence-corrected chi connectivity index (χ2v) is 4.96. The van der Waals surface area contributed by atoms with Gasteiger partial charge in [0.25, 0.3) is 0 Å². The molecule has 1 aliphatic rings. The summed E-state index contributed by atoms with van der Waals surface area (Å²) in [6.45, 7) is -2.15. The summed E-state index contributed by atoms with van der Waals surface area (Å²) in [4.78, 5) is 12.1. The SMILES string of the molecule is CNC1COCC1C(=O)Nc1ccc(OC(F)F)c(Cl)c1. The molecule has 5 nitrogen and oxygen atoms in total. The lowest BCUT2D eigenvalue weighted by Gasteiger charge is -2.16. The summed E-state index contributed by atoms with van der Waals surface area (Å²) < 4.78 is 33.7. The Kier molecular flexibility index (Phi) is 5.33. The first-order valence-corrected chi connectivity index (χ1v) is 6.69. The van der Waals surface area contributed by atoms with Gasteiger partial charge in [0.15, 0.2) is 0 Å². The fraction of sp³-hybridized carbons (Fsp3) is 0.462. The third kappa shape index (κ3) is 4.03. The smallest absolute Gasteiger partial charge is 0.387 e. The highest BCUT2D eigenvalue weighted by atomic mass is 35.5. The van der Waals surface area contributed by atoms with Gasteiger partial charge in [-0.15, -0.1) is 0 Å². The Labute approximate surface area is 125 Å². The zero-order valence-corrected chi connectivity index (χ0v) is 12.0. The van der Waals surface area contributed by atoms with Gasteiger partial charge in [0.2, 0.25) is 5.91 Å². The average Bonchev–Trinajstić information content (AvgIpc) is 2.90. The van der Waals surface area contributed by atoms with Crippen molar-refractivity contribution in [1.82, 2.24) is 5.32 Å². The quantitative estimate of drug-likeness (QED) is 0.872.